The van der Waals surface area contributed by atoms with Gasteiger partial charge in [0.05, 0.1) is 0 Å². The van der Waals surface area contributed by atoms with Crippen LogP contribution in [-0.2, 0) is 0 Å². The molecule has 2 N–H and O–H groups in total. The molecule has 4 heteroatoms. The van der Waals surface area contributed by atoms with Gasteiger partial charge in [0, 0.05) is 18.5 Å². The second kappa shape index (κ2) is 4.75. The number of anilines is 1. The maximum absolute atomic E-state index is 5.14. The van der Waals surface area contributed by atoms with Crippen molar-refractivity contribution in [3.05, 3.63) is 16.5 Å². The highest BCUT2D eigenvalue weighted by Crippen LogP contribution is 2.38. The Morgan fingerprint density at radius 2 is 2.40 bits per heavy atom. The molecule has 0 radical (unpaired) electrons. The fourth-order valence-corrected chi connectivity index (χ4v) is 1.74. The van der Waals surface area contributed by atoms with Crippen LogP contribution in [0.1, 0.15) is 44.3 Å². The van der Waals surface area contributed by atoms with E-state index in [9.17, 15) is 0 Å². The number of aromatic nitrogens is 2. The largest absolute Gasteiger partial charge is 0.372 e. The minimum atomic E-state index is 0.625. The summed E-state index contributed by atoms with van der Waals surface area (Å²) in [5, 5.41) is 3.35. The minimum absolute atomic E-state index is 0.625. The maximum atomic E-state index is 5.14. The van der Waals surface area contributed by atoms with Gasteiger partial charge >= 0.3 is 0 Å². The van der Waals surface area contributed by atoms with Crippen LogP contribution >= 0.6 is 12.2 Å². The zero-order valence-corrected chi connectivity index (χ0v) is 9.86. The van der Waals surface area contributed by atoms with E-state index in [0.29, 0.717) is 10.6 Å². The van der Waals surface area contributed by atoms with Crippen LogP contribution in [0.3, 0.4) is 0 Å². The van der Waals surface area contributed by atoms with E-state index in [4.69, 9.17) is 12.2 Å². The van der Waals surface area contributed by atoms with Crippen LogP contribution in [-0.4, -0.2) is 16.5 Å². The van der Waals surface area contributed by atoms with Crippen LogP contribution < -0.4 is 5.32 Å². The molecule has 1 heterocycles. The van der Waals surface area contributed by atoms with Crippen molar-refractivity contribution in [2.24, 2.45) is 0 Å². The lowest BCUT2D eigenvalue weighted by atomic mass is 10.3. The molecule has 0 bridgehead atoms. The van der Waals surface area contributed by atoms with Gasteiger partial charge in [0.2, 0.25) is 0 Å². The normalized spacial score (nSPS) is 15.3. The molecule has 1 saturated carbocycles. The van der Waals surface area contributed by atoms with E-state index < -0.39 is 0 Å². The van der Waals surface area contributed by atoms with Gasteiger partial charge in [-0.25, -0.2) is 4.98 Å². The van der Waals surface area contributed by atoms with Crippen molar-refractivity contribution in [1.29, 1.82) is 0 Å². The smallest absolute Gasteiger partial charge is 0.131 e. The summed E-state index contributed by atoms with van der Waals surface area (Å²) in [7, 11) is 0. The monoisotopic (exact) mass is 223 g/mol. The van der Waals surface area contributed by atoms with Gasteiger partial charge in [-0.3, -0.25) is 0 Å². The van der Waals surface area contributed by atoms with Crippen LogP contribution in [0, 0.1) is 4.64 Å². The summed E-state index contributed by atoms with van der Waals surface area (Å²) < 4.78 is 0.689. The van der Waals surface area contributed by atoms with Crippen LogP contribution in [0.5, 0.6) is 0 Å². The minimum Gasteiger partial charge on any atom is -0.372 e. The first-order chi connectivity index (χ1) is 7.29. The molecule has 1 aliphatic carbocycles. The van der Waals surface area contributed by atoms with Gasteiger partial charge in [-0.05, 0) is 19.3 Å². The quantitative estimate of drug-likeness (QED) is 0.595. The third kappa shape index (κ3) is 3.02. The Kier molecular flexibility index (Phi) is 3.36. The number of hydrogen-bond acceptors (Lipinski definition) is 3. The van der Waals surface area contributed by atoms with Crippen molar-refractivity contribution in [2.45, 2.75) is 38.5 Å². The number of rotatable bonds is 5. The Labute approximate surface area is 95.3 Å². The fraction of sp³-hybridized carbons (Fsp3) is 0.636. The molecule has 0 saturated heterocycles. The summed E-state index contributed by atoms with van der Waals surface area (Å²) in [6.45, 7) is 3.18. The summed E-state index contributed by atoms with van der Waals surface area (Å²) in [5.74, 6) is 2.70. The summed E-state index contributed by atoms with van der Waals surface area (Å²) >= 11 is 5.14. The molecule has 0 atom stereocenters. The molecule has 1 fully saturated rings. The zero-order valence-electron chi connectivity index (χ0n) is 9.05. The summed E-state index contributed by atoms with van der Waals surface area (Å²) in [4.78, 5) is 7.66. The van der Waals surface area contributed by atoms with E-state index >= 15 is 0 Å². The lowest BCUT2D eigenvalue weighted by molar-refractivity contribution is 0.825. The second-order valence-corrected chi connectivity index (χ2v) is 4.49. The van der Waals surface area contributed by atoms with E-state index in [1.165, 1.54) is 25.7 Å². The van der Waals surface area contributed by atoms with E-state index in [2.05, 4.69) is 22.2 Å². The van der Waals surface area contributed by atoms with Crippen molar-refractivity contribution in [3.8, 4) is 0 Å². The van der Waals surface area contributed by atoms with Crippen LogP contribution in [0.15, 0.2) is 6.07 Å². The number of hydrogen-bond donors (Lipinski definition) is 2. The molecular weight excluding hydrogens is 206 g/mol. The number of unbranched alkanes of at least 4 members (excludes halogenated alkanes) is 1. The van der Waals surface area contributed by atoms with Crippen molar-refractivity contribution in [2.75, 3.05) is 11.9 Å². The van der Waals surface area contributed by atoms with Gasteiger partial charge in [0.15, 0.2) is 0 Å². The molecule has 0 amide bonds. The highest BCUT2D eigenvalue weighted by Gasteiger charge is 2.25. The van der Waals surface area contributed by atoms with Crippen molar-refractivity contribution >= 4 is 18.0 Å². The predicted octanol–water partition coefficient (Wildman–Crippen LogP) is 3.23. The molecule has 0 aromatic carbocycles. The topological polar surface area (TPSA) is 40.7 Å². The van der Waals surface area contributed by atoms with Gasteiger partial charge in [0.25, 0.3) is 0 Å². The molecule has 0 aliphatic heterocycles. The van der Waals surface area contributed by atoms with E-state index in [1.807, 2.05) is 6.07 Å². The number of nitrogens with zero attached hydrogens (tertiary/aromatic N) is 1. The lowest BCUT2D eigenvalue weighted by Crippen LogP contribution is -2.05. The standard InChI is InChI=1S/C11H17N3S/c1-2-3-6-12-9-7-10(15)14-11(13-9)8-4-5-8/h7-8H,2-6H2,1H3,(H2,12,13,14,15). The van der Waals surface area contributed by atoms with Crippen LogP contribution in [0.25, 0.3) is 0 Å². The van der Waals surface area contributed by atoms with Gasteiger partial charge < -0.3 is 10.3 Å². The first kappa shape index (κ1) is 10.6. The molecule has 0 spiro atoms. The van der Waals surface area contributed by atoms with Gasteiger partial charge in [-0.2, -0.15) is 0 Å². The average Bonchev–Trinajstić information content (AvgIpc) is 3.00. The number of H-pyrrole nitrogens is 1. The Morgan fingerprint density at radius 3 is 3.07 bits per heavy atom. The van der Waals surface area contributed by atoms with Crippen LogP contribution in [0.4, 0.5) is 5.82 Å². The first-order valence-corrected chi connectivity index (χ1v) is 6.05. The summed E-state index contributed by atoms with van der Waals surface area (Å²) in [6, 6.07) is 1.90. The highest BCUT2D eigenvalue weighted by molar-refractivity contribution is 7.71. The second-order valence-electron chi connectivity index (χ2n) is 4.07. The SMILES string of the molecule is CCCCNc1cc(=S)nc(C2CC2)[nH]1. The summed E-state index contributed by atoms with van der Waals surface area (Å²) in [6.07, 6.45) is 4.88. The molecule has 1 aromatic heterocycles. The average molecular weight is 223 g/mol. The number of aromatic amines is 1. The Morgan fingerprint density at radius 1 is 1.60 bits per heavy atom. The Hall–Kier alpha value is -0.900. The molecule has 1 aliphatic rings. The van der Waals surface area contributed by atoms with Gasteiger partial charge in [-0.15, -0.1) is 0 Å². The molecule has 15 heavy (non-hydrogen) atoms. The van der Waals surface area contributed by atoms with Crippen LogP contribution in [0.2, 0.25) is 0 Å². The molecule has 82 valence electrons. The van der Waals surface area contributed by atoms with Crippen molar-refractivity contribution < 1.29 is 0 Å². The van der Waals surface area contributed by atoms with E-state index in [-0.39, 0.29) is 0 Å². The molecule has 2 rings (SSSR count). The molecule has 1 aromatic rings. The molecular formula is C11H17N3S. The zero-order chi connectivity index (χ0) is 10.7. The molecule has 3 nitrogen and oxygen atoms in total. The first-order valence-electron chi connectivity index (χ1n) is 5.64. The fourth-order valence-electron chi connectivity index (χ4n) is 1.52. The van der Waals surface area contributed by atoms with Crippen molar-refractivity contribution in [3.63, 3.8) is 0 Å². The highest BCUT2D eigenvalue weighted by atomic mass is 32.1. The van der Waals surface area contributed by atoms with Crippen molar-refractivity contribution in [1.82, 2.24) is 9.97 Å². The third-order valence-electron chi connectivity index (χ3n) is 2.57. The predicted molar refractivity (Wildman–Crippen MR) is 64.8 cm³/mol. The van der Waals surface area contributed by atoms with E-state index in [1.54, 1.807) is 0 Å². The van der Waals surface area contributed by atoms with Gasteiger partial charge in [0.1, 0.15) is 16.3 Å². The maximum Gasteiger partial charge on any atom is 0.131 e. The molecule has 0 unspecified atom stereocenters. The van der Waals surface area contributed by atoms with E-state index in [0.717, 1.165) is 18.2 Å². The van der Waals surface area contributed by atoms with Gasteiger partial charge in [-0.1, -0.05) is 25.6 Å². The summed E-state index contributed by atoms with van der Waals surface area (Å²) in [5.41, 5.74) is 0. The lowest BCUT2D eigenvalue weighted by Gasteiger charge is -2.07. The Bertz CT molecular complexity index is 382. The third-order valence-corrected chi connectivity index (χ3v) is 2.78. The Balaban J connectivity index is 2.06. The number of nitrogens with one attached hydrogen (secondary N) is 2.